The molecule has 1 unspecified atom stereocenters. The van der Waals surface area contributed by atoms with E-state index in [2.05, 4.69) is 0 Å². The van der Waals surface area contributed by atoms with Crippen LogP contribution in [-0.2, 0) is 22.1 Å². The molecule has 1 amide bonds. The number of amides is 1. The van der Waals surface area contributed by atoms with Gasteiger partial charge in [0.1, 0.15) is 12.4 Å². The number of carbonyl (C=O) groups is 2. The third-order valence-corrected chi connectivity index (χ3v) is 5.46. The molecule has 5 nitrogen and oxygen atoms in total. The first kappa shape index (κ1) is 24.9. The van der Waals surface area contributed by atoms with Crippen molar-refractivity contribution >= 4 is 11.9 Å². The summed E-state index contributed by atoms with van der Waals surface area (Å²) in [5, 5.41) is 9.17. The monoisotopic (exact) mass is 467 g/mol. The summed E-state index contributed by atoms with van der Waals surface area (Å²) in [5.74, 6) is -4.38. The molecule has 0 heterocycles. The average Bonchev–Trinajstić information content (AvgIpc) is 2.81. The highest BCUT2D eigenvalue weighted by Gasteiger charge is 2.25. The Kier molecular flexibility index (Phi) is 7.66. The Morgan fingerprint density at radius 3 is 2.18 bits per heavy atom. The zero-order chi connectivity index (χ0) is 24.9. The third-order valence-electron chi connectivity index (χ3n) is 5.46. The molecule has 0 spiro atoms. The first-order valence-electron chi connectivity index (χ1n) is 10.8. The Labute approximate surface area is 197 Å². The third kappa shape index (κ3) is 6.41. The maximum absolute atomic E-state index is 13.5. The summed E-state index contributed by atoms with van der Waals surface area (Å²) in [6, 6.07) is 20.7. The van der Waals surface area contributed by atoms with Crippen LogP contribution in [0.1, 0.15) is 36.0 Å². The van der Waals surface area contributed by atoms with Crippen molar-refractivity contribution in [3.63, 3.8) is 0 Å². The van der Waals surface area contributed by atoms with Gasteiger partial charge in [-0.3, -0.25) is 9.59 Å². The summed E-state index contributed by atoms with van der Waals surface area (Å²) in [4.78, 5) is 25.0. The summed E-state index contributed by atoms with van der Waals surface area (Å²) >= 11 is 0. The minimum absolute atomic E-state index is 0.0305. The highest BCUT2D eigenvalue weighted by Crippen LogP contribution is 2.30. The van der Waals surface area contributed by atoms with Crippen molar-refractivity contribution < 1.29 is 28.2 Å². The number of nitrogens with zero attached hydrogens (tertiary/aromatic N) is 1. The van der Waals surface area contributed by atoms with E-state index in [1.807, 2.05) is 24.3 Å². The molecule has 1 atom stereocenters. The van der Waals surface area contributed by atoms with Gasteiger partial charge >= 0.3 is 5.97 Å². The Morgan fingerprint density at radius 2 is 1.62 bits per heavy atom. The van der Waals surface area contributed by atoms with Crippen LogP contribution in [0.2, 0.25) is 0 Å². The molecule has 0 fully saturated rings. The second-order valence-electron chi connectivity index (χ2n) is 8.41. The maximum atomic E-state index is 13.5. The second kappa shape index (κ2) is 10.5. The van der Waals surface area contributed by atoms with Crippen molar-refractivity contribution in [2.75, 3.05) is 14.1 Å². The summed E-state index contributed by atoms with van der Waals surface area (Å²) < 4.78 is 32.8. The van der Waals surface area contributed by atoms with Crippen LogP contribution < -0.4 is 4.74 Å². The lowest BCUT2D eigenvalue weighted by molar-refractivity contribution is -0.141. The number of halogens is 2. The van der Waals surface area contributed by atoms with Crippen molar-refractivity contribution in [2.45, 2.75) is 31.8 Å². The number of carboxylic acid groups (broad SMARTS) is 1. The molecule has 0 radical (unpaired) electrons. The average molecular weight is 468 g/mol. The number of rotatable bonds is 9. The quantitative estimate of drug-likeness (QED) is 0.439. The van der Waals surface area contributed by atoms with Crippen molar-refractivity contribution in [3.05, 3.63) is 89.5 Å². The topological polar surface area (TPSA) is 66.8 Å². The molecule has 0 saturated heterocycles. The maximum Gasteiger partial charge on any atom is 0.304 e. The largest absolute Gasteiger partial charge is 0.489 e. The van der Waals surface area contributed by atoms with Gasteiger partial charge in [-0.05, 0) is 40.5 Å². The molecule has 0 aromatic heterocycles. The highest BCUT2D eigenvalue weighted by atomic mass is 19.3. The van der Waals surface area contributed by atoms with Crippen LogP contribution in [0.5, 0.6) is 5.75 Å². The van der Waals surface area contributed by atoms with Gasteiger partial charge in [0.25, 0.3) is 5.92 Å². The van der Waals surface area contributed by atoms with Crippen molar-refractivity contribution in [1.82, 2.24) is 4.90 Å². The minimum atomic E-state index is -2.88. The Morgan fingerprint density at radius 1 is 0.971 bits per heavy atom. The van der Waals surface area contributed by atoms with Gasteiger partial charge < -0.3 is 14.7 Å². The van der Waals surface area contributed by atoms with Gasteiger partial charge in [-0.1, -0.05) is 54.6 Å². The number of carboxylic acids is 1. The molecule has 0 aliphatic heterocycles. The normalized spacial score (nSPS) is 12.1. The molecule has 3 aromatic carbocycles. The van der Waals surface area contributed by atoms with Gasteiger partial charge in [-0.15, -0.1) is 0 Å². The zero-order valence-electron chi connectivity index (χ0n) is 19.3. The Balaban J connectivity index is 1.69. The first-order valence-corrected chi connectivity index (χ1v) is 10.8. The second-order valence-corrected chi connectivity index (χ2v) is 8.41. The lowest BCUT2D eigenvalue weighted by Crippen LogP contribution is -2.29. The zero-order valence-corrected chi connectivity index (χ0v) is 19.3. The summed E-state index contributed by atoms with van der Waals surface area (Å²) in [5.41, 5.74) is 3.20. The van der Waals surface area contributed by atoms with Crippen LogP contribution in [0.3, 0.4) is 0 Å². The fourth-order valence-electron chi connectivity index (χ4n) is 3.59. The van der Waals surface area contributed by atoms with E-state index in [0.29, 0.717) is 11.3 Å². The summed E-state index contributed by atoms with van der Waals surface area (Å²) in [6.07, 6.45) is -0.291. The molecule has 0 saturated carbocycles. The molecule has 0 aliphatic rings. The lowest BCUT2D eigenvalue weighted by atomic mass is 9.94. The standard InChI is InChI=1S/C27H27F2NO4/c1-27(28,29)22-11-7-19(8-12-22)21-6-4-5-18(15-21)17-34-23-13-9-20(10-14-23)24(16-25(31)32)26(33)30(2)3/h4-15,24H,16-17H2,1-3H3,(H,31,32). The predicted octanol–water partition coefficient (Wildman–Crippen LogP) is 5.69. The predicted molar refractivity (Wildman–Crippen MR) is 126 cm³/mol. The van der Waals surface area contributed by atoms with Crippen LogP contribution in [0.4, 0.5) is 8.78 Å². The summed E-state index contributed by atoms with van der Waals surface area (Å²) in [7, 11) is 3.19. The SMILES string of the molecule is CN(C)C(=O)C(CC(=O)O)c1ccc(OCc2cccc(-c3ccc(C(C)(F)F)cc3)c2)cc1. The molecule has 7 heteroatoms. The van der Waals surface area contributed by atoms with Gasteiger partial charge in [0, 0.05) is 26.6 Å². The van der Waals surface area contributed by atoms with Crippen LogP contribution in [0.25, 0.3) is 11.1 Å². The number of carbonyl (C=O) groups excluding carboxylic acids is 1. The Bertz CT molecular complexity index is 1140. The fraction of sp³-hybridized carbons (Fsp3) is 0.259. The van der Waals surface area contributed by atoms with Crippen molar-refractivity contribution in [1.29, 1.82) is 0 Å². The van der Waals surface area contributed by atoms with Gasteiger partial charge in [0.2, 0.25) is 5.91 Å². The van der Waals surface area contributed by atoms with Crippen molar-refractivity contribution in [2.24, 2.45) is 0 Å². The number of ether oxygens (including phenoxy) is 1. The van der Waals surface area contributed by atoms with Gasteiger partial charge in [-0.25, -0.2) is 8.78 Å². The van der Waals surface area contributed by atoms with E-state index < -0.39 is 17.8 Å². The molecule has 0 aliphatic carbocycles. The smallest absolute Gasteiger partial charge is 0.304 e. The number of hydrogen-bond donors (Lipinski definition) is 1. The number of hydrogen-bond acceptors (Lipinski definition) is 3. The molecular weight excluding hydrogens is 440 g/mol. The van der Waals surface area contributed by atoms with Crippen LogP contribution in [0.15, 0.2) is 72.8 Å². The minimum Gasteiger partial charge on any atom is -0.489 e. The van der Waals surface area contributed by atoms with Gasteiger partial charge in [0.15, 0.2) is 0 Å². The van der Waals surface area contributed by atoms with E-state index in [1.54, 1.807) is 50.5 Å². The van der Waals surface area contributed by atoms with E-state index in [9.17, 15) is 18.4 Å². The van der Waals surface area contributed by atoms with Crippen molar-refractivity contribution in [3.8, 4) is 16.9 Å². The van der Waals surface area contributed by atoms with E-state index in [-0.39, 0.29) is 24.5 Å². The number of alkyl halides is 2. The molecule has 3 rings (SSSR count). The fourth-order valence-corrected chi connectivity index (χ4v) is 3.59. The number of benzene rings is 3. The molecular formula is C27H27F2NO4. The number of likely N-dealkylation sites (N-methyl/N-ethyl adjacent to an activating group) is 1. The summed E-state index contributed by atoms with van der Waals surface area (Å²) in [6.45, 7) is 1.16. The first-order chi connectivity index (χ1) is 16.0. The van der Waals surface area contributed by atoms with E-state index >= 15 is 0 Å². The van der Waals surface area contributed by atoms with E-state index in [4.69, 9.17) is 9.84 Å². The van der Waals surface area contributed by atoms with Gasteiger partial charge in [-0.2, -0.15) is 0 Å². The van der Waals surface area contributed by atoms with Crippen LogP contribution in [-0.4, -0.2) is 36.0 Å². The molecule has 178 valence electrons. The molecule has 3 aromatic rings. The van der Waals surface area contributed by atoms with E-state index in [1.165, 1.54) is 17.0 Å². The molecule has 34 heavy (non-hydrogen) atoms. The lowest BCUT2D eigenvalue weighted by Gasteiger charge is -2.19. The number of aliphatic carboxylic acids is 1. The van der Waals surface area contributed by atoms with E-state index in [0.717, 1.165) is 23.6 Å². The molecule has 1 N–H and O–H groups in total. The van der Waals surface area contributed by atoms with Crippen LogP contribution >= 0.6 is 0 Å². The Hall–Kier alpha value is -3.74. The van der Waals surface area contributed by atoms with Gasteiger partial charge in [0.05, 0.1) is 12.3 Å². The van der Waals surface area contributed by atoms with Crippen LogP contribution in [0, 0.1) is 0 Å². The highest BCUT2D eigenvalue weighted by molar-refractivity contribution is 5.87. The molecule has 0 bridgehead atoms.